The average Bonchev–Trinajstić information content (AvgIpc) is 3.20. The van der Waals surface area contributed by atoms with Gasteiger partial charge in [-0.15, -0.1) is 10.2 Å². The Labute approximate surface area is 307 Å². The summed E-state index contributed by atoms with van der Waals surface area (Å²) in [5.74, 6) is 2.77. The van der Waals surface area contributed by atoms with Crippen LogP contribution in [0.15, 0.2) is 150 Å². The SMILES string of the molecule is Oc1cc2ccccc2c2c1OCCCOc1ccccc1N=Nc1ccccc1OCCCOc1c(OCc3ccccc3)cc3ccccc3c1-2. The summed E-state index contributed by atoms with van der Waals surface area (Å²) in [5, 5.41) is 24.3. The molecule has 0 aliphatic carbocycles. The van der Waals surface area contributed by atoms with E-state index >= 15 is 0 Å². The van der Waals surface area contributed by atoms with Crippen molar-refractivity contribution in [1.82, 2.24) is 0 Å². The molecule has 0 unspecified atom stereocenters. The molecule has 7 aromatic carbocycles. The standard InChI is InChI=1S/C45H38N2O6/c48-38-28-32-16-4-6-18-34(32)42-43-35-19-7-5-17-33(35)29-41(53-30-31-14-2-1-3-15-31)45(43)52-27-13-25-50-40-23-11-9-21-37(40)47-46-36-20-8-10-22-39(36)49-24-12-26-51-44(38)42/h1-11,14-23,28-29,48H,12-13,24-27,30H2. The quantitative estimate of drug-likeness (QED) is 0.197. The highest BCUT2D eigenvalue weighted by atomic mass is 16.5. The second-order valence-electron chi connectivity index (χ2n) is 12.6. The van der Waals surface area contributed by atoms with Crippen LogP contribution in [-0.2, 0) is 6.61 Å². The Bertz CT molecular complexity index is 2390. The zero-order valence-corrected chi connectivity index (χ0v) is 29.1. The fourth-order valence-corrected chi connectivity index (χ4v) is 6.51. The van der Waals surface area contributed by atoms with Gasteiger partial charge in [0, 0.05) is 24.0 Å². The third-order valence-electron chi connectivity index (χ3n) is 9.02. The molecule has 0 saturated carbocycles. The smallest absolute Gasteiger partial charge is 0.169 e. The molecule has 8 heteroatoms. The average molecular weight is 703 g/mol. The third kappa shape index (κ3) is 7.44. The molecule has 53 heavy (non-hydrogen) atoms. The third-order valence-corrected chi connectivity index (χ3v) is 9.02. The van der Waals surface area contributed by atoms with E-state index in [4.69, 9.17) is 23.7 Å². The number of benzene rings is 7. The van der Waals surface area contributed by atoms with Crippen molar-refractivity contribution in [3.63, 3.8) is 0 Å². The molecule has 8 nitrogen and oxygen atoms in total. The maximum absolute atomic E-state index is 11.6. The summed E-state index contributed by atoms with van der Waals surface area (Å²) in [5.41, 5.74) is 3.75. The van der Waals surface area contributed by atoms with Gasteiger partial charge in [-0.2, -0.15) is 0 Å². The largest absolute Gasteiger partial charge is 0.504 e. The highest BCUT2D eigenvalue weighted by molar-refractivity contribution is 6.11. The van der Waals surface area contributed by atoms with Gasteiger partial charge in [-0.3, -0.25) is 0 Å². The Morgan fingerprint density at radius 1 is 0.509 bits per heavy atom. The number of nitrogens with zero attached hydrogens (tertiary/aromatic N) is 2. The monoisotopic (exact) mass is 702 g/mol. The van der Waals surface area contributed by atoms with Crippen molar-refractivity contribution < 1.29 is 28.8 Å². The van der Waals surface area contributed by atoms with Crippen molar-refractivity contribution in [3.8, 4) is 45.6 Å². The number of hydrogen-bond acceptors (Lipinski definition) is 8. The van der Waals surface area contributed by atoms with Gasteiger partial charge in [0.05, 0.1) is 26.4 Å². The number of phenols is 1. The van der Waals surface area contributed by atoms with Crippen molar-refractivity contribution in [2.24, 2.45) is 10.2 Å². The Morgan fingerprint density at radius 3 is 1.64 bits per heavy atom. The number of phenolic OH excluding ortho intramolecular Hbond substituents is 1. The topological polar surface area (TPSA) is 91.1 Å². The Kier molecular flexibility index (Phi) is 10.0. The normalized spacial score (nSPS) is 13.5. The van der Waals surface area contributed by atoms with Crippen molar-refractivity contribution in [3.05, 3.63) is 145 Å². The summed E-state index contributed by atoms with van der Waals surface area (Å²) in [4.78, 5) is 0. The molecule has 1 aliphatic heterocycles. The summed E-state index contributed by atoms with van der Waals surface area (Å²) in [6, 6.07) is 45.1. The van der Waals surface area contributed by atoms with Gasteiger partial charge in [-0.1, -0.05) is 103 Å². The van der Waals surface area contributed by atoms with E-state index in [1.807, 2.05) is 121 Å². The first-order valence-electron chi connectivity index (χ1n) is 17.8. The molecule has 0 atom stereocenters. The lowest BCUT2D eigenvalue weighted by Gasteiger charge is -2.23. The highest BCUT2D eigenvalue weighted by Gasteiger charge is 2.25. The minimum absolute atomic E-state index is 0.0326. The Morgan fingerprint density at radius 2 is 1.00 bits per heavy atom. The second-order valence-corrected chi connectivity index (χ2v) is 12.6. The highest BCUT2D eigenvalue weighted by Crippen LogP contribution is 2.52. The molecule has 264 valence electrons. The van der Waals surface area contributed by atoms with Gasteiger partial charge in [-0.05, 0) is 63.5 Å². The van der Waals surface area contributed by atoms with Gasteiger partial charge >= 0.3 is 0 Å². The van der Waals surface area contributed by atoms with E-state index < -0.39 is 0 Å². The number of azo groups is 1. The summed E-state index contributed by atoms with van der Waals surface area (Å²) < 4.78 is 32.3. The minimum Gasteiger partial charge on any atom is -0.504 e. The maximum Gasteiger partial charge on any atom is 0.169 e. The van der Waals surface area contributed by atoms with Crippen LogP contribution in [0.4, 0.5) is 11.4 Å². The number of aromatic hydroxyl groups is 1. The first-order chi connectivity index (χ1) is 26.2. The van der Waals surface area contributed by atoms with Crippen LogP contribution < -0.4 is 23.7 Å². The zero-order chi connectivity index (χ0) is 35.8. The number of ether oxygens (including phenoxy) is 5. The van der Waals surface area contributed by atoms with Crippen LogP contribution in [0.2, 0.25) is 0 Å². The molecule has 0 saturated heterocycles. The molecule has 1 aliphatic rings. The van der Waals surface area contributed by atoms with Crippen molar-refractivity contribution in [2.75, 3.05) is 26.4 Å². The van der Waals surface area contributed by atoms with Gasteiger partial charge in [0.2, 0.25) is 0 Å². The maximum atomic E-state index is 11.6. The predicted octanol–water partition coefficient (Wildman–Crippen LogP) is 11.4. The van der Waals surface area contributed by atoms with Crippen LogP contribution in [0.1, 0.15) is 18.4 Å². The molecule has 0 fully saturated rings. The first-order valence-corrected chi connectivity index (χ1v) is 17.8. The molecular formula is C45H38N2O6. The summed E-state index contributed by atoms with van der Waals surface area (Å²) in [6.45, 7) is 1.69. The molecule has 1 heterocycles. The first kappa shape index (κ1) is 33.6. The summed E-state index contributed by atoms with van der Waals surface area (Å²) in [7, 11) is 0. The van der Waals surface area contributed by atoms with Crippen LogP contribution in [0.5, 0.6) is 34.5 Å². The molecule has 8 rings (SSSR count). The van der Waals surface area contributed by atoms with E-state index in [9.17, 15) is 5.11 Å². The van der Waals surface area contributed by atoms with E-state index in [1.165, 1.54) is 0 Å². The molecule has 0 amide bonds. The summed E-state index contributed by atoms with van der Waals surface area (Å²) in [6.07, 6.45) is 1.11. The van der Waals surface area contributed by atoms with Crippen molar-refractivity contribution >= 4 is 32.9 Å². The van der Waals surface area contributed by atoms with Crippen molar-refractivity contribution in [1.29, 1.82) is 0 Å². The lowest BCUT2D eigenvalue weighted by atomic mass is 9.91. The second kappa shape index (κ2) is 15.8. The Hall–Kier alpha value is -6.54. The molecule has 7 aromatic rings. The van der Waals surface area contributed by atoms with E-state index in [2.05, 4.69) is 22.4 Å². The van der Waals surface area contributed by atoms with Crippen molar-refractivity contribution in [2.45, 2.75) is 19.4 Å². The summed E-state index contributed by atoms with van der Waals surface area (Å²) >= 11 is 0. The molecule has 0 bridgehead atoms. The predicted molar refractivity (Wildman–Crippen MR) is 208 cm³/mol. The van der Waals surface area contributed by atoms with Gasteiger partial charge in [0.1, 0.15) is 29.5 Å². The fraction of sp³-hybridized carbons (Fsp3) is 0.156. The van der Waals surface area contributed by atoms with E-state index in [0.29, 0.717) is 79.4 Å². The van der Waals surface area contributed by atoms with Crippen LogP contribution in [0, 0.1) is 0 Å². The fourth-order valence-electron chi connectivity index (χ4n) is 6.51. The van der Waals surface area contributed by atoms with Gasteiger partial charge in [-0.25, -0.2) is 0 Å². The lowest BCUT2D eigenvalue weighted by molar-refractivity contribution is 0.232. The van der Waals surface area contributed by atoms with E-state index in [1.54, 1.807) is 6.07 Å². The molecule has 1 N–H and O–H groups in total. The van der Waals surface area contributed by atoms with Crippen LogP contribution >= 0.6 is 0 Å². The zero-order valence-electron chi connectivity index (χ0n) is 29.1. The molecule has 0 aromatic heterocycles. The van der Waals surface area contributed by atoms with E-state index in [0.717, 1.165) is 38.2 Å². The number of para-hydroxylation sites is 2. The molecule has 0 spiro atoms. The Balaban J connectivity index is 1.25. The van der Waals surface area contributed by atoms with Crippen LogP contribution in [0.25, 0.3) is 32.7 Å². The minimum atomic E-state index is 0.0326. The van der Waals surface area contributed by atoms with Gasteiger partial charge in [0.25, 0.3) is 0 Å². The number of fused-ring (bicyclic) bond motifs is 9. The van der Waals surface area contributed by atoms with Gasteiger partial charge in [0.15, 0.2) is 23.0 Å². The number of hydrogen-bond donors (Lipinski definition) is 1. The van der Waals surface area contributed by atoms with E-state index in [-0.39, 0.29) is 12.4 Å². The molecule has 0 radical (unpaired) electrons. The van der Waals surface area contributed by atoms with Crippen LogP contribution in [-0.4, -0.2) is 31.5 Å². The number of rotatable bonds is 3. The molecular weight excluding hydrogens is 665 g/mol. The van der Waals surface area contributed by atoms with Crippen LogP contribution in [0.3, 0.4) is 0 Å². The van der Waals surface area contributed by atoms with Gasteiger partial charge < -0.3 is 28.8 Å². The lowest BCUT2D eigenvalue weighted by Crippen LogP contribution is -2.09.